The first-order chi connectivity index (χ1) is 10.3. The molecule has 2 fully saturated rings. The second-order valence-corrected chi connectivity index (χ2v) is 7.26. The largest absolute Gasteiger partial charge is 0.352 e. The van der Waals surface area contributed by atoms with Gasteiger partial charge in [-0.3, -0.25) is 4.79 Å². The second kappa shape index (κ2) is 7.32. The van der Waals surface area contributed by atoms with E-state index >= 15 is 0 Å². The van der Waals surface area contributed by atoms with E-state index in [0.29, 0.717) is 12.1 Å². The minimum absolute atomic E-state index is 0.100. The van der Waals surface area contributed by atoms with Crippen LogP contribution in [0.15, 0.2) is 30.3 Å². The van der Waals surface area contributed by atoms with Crippen molar-refractivity contribution >= 4 is 17.7 Å². The van der Waals surface area contributed by atoms with Gasteiger partial charge in [0.1, 0.15) is 0 Å². The number of hydrogen-bond acceptors (Lipinski definition) is 3. The minimum Gasteiger partial charge on any atom is -0.352 e. The summed E-state index contributed by atoms with van der Waals surface area (Å²) in [5.41, 5.74) is 1.23. The second-order valence-electron chi connectivity index (χ2n) is 6.11. The van der Waals surface area contributed by atoms with E-state index in [0.717, 1.165) is 25.0 Å². The van der Waals surface area contributed by atoms with Crippen molar-refractivity contribution in [3.63, 3.8) is 0 Å². The van der Waals surface area contributed by atoms with Crippen molar-refractivity contribution in [1.29, 1.82) is 0 Å². The third kappa shape index (κ3) is 4.75. The molecule has 2 atom stereocenters. The third-order valence-corrected chi connectivity index (χ3v) is 5.34. The molecule has 114 valence electrons. The fraction of sp³-hybridized carbons (Fsp3) is 0.588. The Morgan fingerprint density at radius 3 is 2.67 bits per heavy atom. The molecular formula is C17H24N2OS. The third-order valence-electron chi connectivity index (χ3n) is 4.12. The van der Waals surface area contributed by atoms with E-state index in [1.165, 1.54) is 24.2 Å². The van der Waals surface area contributed by atoms with E-state index < -0.39 is 0 Å². The number of thioether (sulfide) groups is 1. The van der Waals surface area contributed by atoms with E-state index in [1.54, 1.807) is 0 Å². The lowest BCUT2D eigenvalue weighted by Gasteiger charge is -2.28. The molecule has 1 amide bonds. The van der Waals surface area contributed by atoms with E-state index in [4.69, 9.17) is 0 Å². The molecule has 1 aliphatic heterocycles. The normalized spacial score (nSPS) is 23.5. The summed E-state index contributed by atoms with van der Waals surface area (Å²) in [5.74, 6) is 2.56. The zero-order chi connectivity index (χ0) is 14.5. The summed E-state index contributed by atoms with van der Waals surface area (Å²) in [6, 6.07) is 11.1. The van der Waals surface area contributed by atoms with Crippen LogP contribution in [0.3, 0.4) is 0 Å². The van der Waals surface area contributed by atoms with E-state index in [-0.39, 0.29) is 11.9 Å². The molecule has 0 radical (unpaired) electrons. The average molecular weight is 304 g/mol. The Balaban J connectivity index is 1.62. The predicted octanol–water partition coefficient (Wildman–Crippen LogP) is 2.36. The van der Waals surface area contributed by atoms with Crippen LogP contribution >= 0.6 is 11.8 Å². The summed E-state index contributed by atoms with van der Waals surface area (Å²) in [4.78, 5) is 12.5. The molecule has 1 aliphatic carbocycles. The molecule has 1 aromatic rings. The van der Waals surface area contributed by atoms with Gasteiger partial charge in [0, 0.05) is 17.8 Å². The first-order valence-electron chi connectivity index (χ1n) is 7.99. The van der Waals surface area contributed by atoms with Crippen molar-refractivity contribution in [2.45, 2.75) is 50.2 Å². The molecule has 0 unspecified atom stereocenters. The van der Waals surface area contributed by atoms with Crippen LogP contribution in [0.2, 0.25) is 0 Å². The van der Waals surface area contributed by atoms with Crippen molar-refractivity contribution in [1.82, 2.24) is 10.6 Å². The fourth-order valence-electron chi connectivity index (χ4n) is 2.76. The van der Waals surface area contributed by atoms with Crippen molar-refractivity contribution in [2.24, 2.45) is 0 Å². The SMILES string of the molecule is O=C(NC1CC1)[C@H](Cc1ccccc1)N[C@H]1CCCSC1. The first-order valence-corrected chi connectivity index (χ1v) is 9.15. The molecule has 1 aromatic carbocycles. The number of nitrogens with one attached hydrogen (secondary N) is 2. The smallest absolute Gasteiger partial charge is 0.237 e. The van der Waals surface area contributed by atoms with Crippen LogP contribution in [0.4, 0.5) is 0 Å². The van der Waals surface area contributed by atoms with E-state index in [9.17, 15) is 4.79 Å². The highest BCUT2D eigenvalue weighted by Crippen LogP contribution is 2.20. The summed E-state index contributed by atoms with van der Waals surface area (Å²) >= 11 is 2.00. The summed E-state index contributed by atoms with van der Waals surface area (Å²) in [6.07, 6.45) is 5.51. The van der Waals surface area contributed by atoms with Crippen LogP contribution in [-0.2, 0) is 11.2 Å². The lowest BCUT2D eigenvalue weighted by molar-refractivity contribution is -0.123. The van der Waals surface area contributed by atoms with E-state index in [1.807, 2.05) is 30.0 Å². The van der Waals surface area contributed by atoms with Gasteiger partial charge in [-0.1, -0.05) is 30.3 Å². The number of hydrogen-bond donors (Lipinski definition) is 2. The Hall–Kier alpha value is -1.00. The molecule has 0 spiro atoms. The van der Waals surface area contributed by atoms with Gasteiger partial charge in [0.25, 0.3) is 0 Å². The summed E-state index contributed by atoms with van der Waals surface area (Å²) in [5, 5.41) is 6.76. The average Bonchev–Trinajstić information content (AvgIpc) is 3.33. The molecule has 0 aromatic heterocycles. The van der Waals surface area contributed by atoms with Crippen LogP contribution in [0.5, 0.6) is 0 Å². The van der Waals surface area contributed by atoms with Crippen LogP contribution in [0.25, 0.3) is 0 Å². The highest BCUT2D eigenvalue weighted by molar-refractivity contribution is 7.99. The molecule has 21 heavy (non-hydrogen) atoms. The topological polar surface area (TPSA) is 41.1 Å². The maximum Gasteiger partial charge on any atom is 0.237 e. The van der Waals surface area contributed by atoms with Gasteiger partial charge in [0.2, 0.25) is 5.91 Å². The molecule has 2 N–H and O–H groups in total. The quantitative estimate of drug-likeness (QED) is 0.848. The molecule has 1 heterocycles. The summed E-state index contributed by atoms with van der Waals surface area (Å²) < 4.78 is 0. The standard InChI is InChI=1S/C17H24N2OS/c20-17(19-14-8-9-14)16(11-13-5-2-1-3-6-13)18-15-7-4-10-21-12-15/h1-3,5-6,14-16,18H,4,7-12H2,(H,19,20)/t15-,16-/m0/s1. The predicted molar refractivity (Wildman–Crippen MR) is 88.6 cm³/mol. The van der Waals surface area contributed by atoms with Crippen LogP contribution in [0.1, 0.15) is 31.2 Å². The van der Waals surface area contributed by atoms with Gasteiger partial charge in [0.05, 0.1) is 6.04 Å². The first kappa shape index (κ1) is 14.9. The number of carbonyl (C=O) groups is 1. The van der Waals surface area contributed by atoms with Gasteiger partial charge in [-0.15, -0.1) is 0 Å². The Kier molecular flexibility index (Phi) is 5.20. The van der Waals surface area contributed by atoms with Gasteiger partial charge >= 0.3 is 0 Å². The molecule has 0 bridgehead atoms. The maximum absolute atomic E-state index is 12.5. The van der Waals surface area contributed by atoms with Gasteiger partial charge in [0.15, 0.2) is 0 Å². The molecule has 2 aliphatic rings. The van der Waals surface area contributed by atoms with Crippen molar-refractivity contribution in [3.05, 3.63) is 35.9 Å². The van der Waals surface area contributed by atoms with Gasteiger partial charge in [-0.25, -0.2) is 0 Å². The van der Waals surface area contributed by atoms with Crippen molar-refractivity contribution in [3.8, 4) is 0 Å². The maximum atomic E-state index is 12.5. The highest BCUT2D eigenvalue weighted by Gasteiger charge is 2.29. The Labute approximate surface area is 131 Å². The van der Waals surface area contributed by atoms with Crippen LogP contribution < -0.4 is 10.6 Å². The highest BCUT2D eigenvalue weighted by atomic mass is 32.2. The molecule has 4 heteroatoms. The molecule has 3 nitrogen and oxygen atoms in total. The van der Waals surface area contributed by atoms with Crippen LogP contribution in [0, 0.1) is 0 Å². The zero-order valence-electron chi connectivity index (χ0n) is 12.4. The number of carbonyl (C=O) groups excluding carboxylic acids is 1. The van der Waals surface area contributed by atoms with Gasteiger partial charge in [-0.2, -0.15) is 11.8 Å². The summed E-state index contributed by atoms with van der Waals surface area (Å²) in [6.45, 7) is 0. The number of rotatable bonds is 6. The zero-order valence-corrected chi connectivity index (χ0v) is 13.2. The fourth-order valence-corrected chi connectivity index (χ4v) is 3.85. The summed E-state index contributed by atoms with van der Waals surface area (Å²) in [7, 11) is 0. The van der Waals surface area contributed by atoms with Crippen molar-refractivity contribution < 1.29 is 4.79 Å². The lowest BCUT2D eigenvalue weighted by Crippen LogP contribution is -2.51. The Morgan fingerprint density at radius 2 is 2.00 bits per heavy atom. The monoisotopic (exact) mass is 304 g/mol. The lowest BCUT2D eigenvalue weighted by atomic mass is 10.0. The molecule has 1 saturated heterocycles. The van der Waals surface area contributed by atoms with Gasteiger partial charge < -0.3 is 10.6 Å². The van der Waals surface area contributed by atoms with E-state index in [2.05, 4.69) is 22.8 Å². The van der Waals surface area contributed by atoms with Crippen LogP contribution in [-0.4, -0.2) is 35.5 Å². The minimum atomic E-state index is -0.100. The van der Waals surface area contributed by atoms with Gasteiger partial charge in [-0.05, 0) is 43.4 Å². The van der Waals surface area contributed by atoms with Crippen molar-refractivity contribution in [2.75, 3.05) is 11.5 Å². The number of benzene rings is 1. The molecular weight excluding hydrogens is 280 g/mol. The Bertz CT molecular complexity index is 455. The molecule has 3 rings (SSSR count). The Morgan fingerprint density at radius 1 is 1.19 bits per heavy atom. The molecule has 1 saturated carbocycles. The number of amides is 1.